The highest BCUT2D eigenvalue weighted by Gasteiger charge is 2.13. The van der Waals surface area contributed by atoms with Gasteiger partial charge in [0.15, 0.2) is 5.65 Å². The van der Waals surface area contributed by atoms with Crippen LogP contribution in [-0.2, 0) is 18.5 Å². The third-order valence-corrected chi connectivity index (χ3v) is 4.10. The summed E-state index contributed by atoms with van der Waals surface area (Å²) in [5, 5.41) is 0. The number of fused-ring (bicyclic) bond motifs is 1. The molecule has 3 rings (SSSR count). The first-order valence-corrected chi connectivity index (χ1v) is 7.98. The van der Waals surface area contributed by atoms with E-state index in [-0.39, 0.29) is 5.41 Å². The Bertz CT molecular complexity index is 781. The summed E-state index contributed by atoms with van der Waals surface area (Å²) >= 11 is 0. The number of hydrogen-bond acceptors (Lipinski definition) is 3. The number of H-pyrrole nitrogens is 1. The van der Waals surface area contributed by atoms with E-state index in [1.165, 1.54) is 16.7 Å². The molecular weight excluding hydrogens is 284 g/mol. The number of rotatable bonds is 4. The Labute approximate surface area is 137 Å². The summed E-state index contributed by atoms with van der Waals surface area (Å²) in [4.78, 5) is 14.2. The van der Waals surface area contributed by atoms with Crippen molar-refractivity contribution in [2.45, 2.75) is 39.3 Å². The Kier molecular flexibility index (Phi) is 4.18. The number of nitrogens with one attached hydrogen (secondary N) is 1. The molecule has 2 aromatic heterocycles. The standard InChI is InChI=1S/C19H24N4/c1-19(2,3)16-7-5-14(6-8-16)12-23(4)13-15-11-22-18-17(15)20-9-10-21-18/h5-11H,12-13H2,1-4H3,(H,21,22). The maximum Gasteiger partial charge on any atom is 0.156 e. The molecule has 0 radical (unpaired) electrons. The number of hydrogen-bond donors (Lipinski definition) is 1. The van der Waals surface area contributed by atoms with Crippen molar-refractivity contribution >= 4 is 11.2 Å². The monoisotopic (exact) mass is 308 g/mol. The van der Waals surface area contributed by atoms with Crippen LogP contribution in [0, 0.1) is 0 Å². The molecule has 4 heteroatoms. The van der Waals surface area contributed by atoms with Crippen molar-refractivity contribution in [2.75, 3.05) is 7.05 Å². The van der Waals surface area contributed by atoms with E-state index in [2.05, 4.69) is 71.9 Å². The van der Waals surface area contributed by atoms with Crippen LogP contribution in [0.1, 0.15) is 37.5 Å². The Balaban J connectivity index is 1.68. The molecular formula is C19H24N4. The van der Waals surface area contributed by atoms with E-state index >= 15 is 0 Å². The largest absolute Gasteiger partial charge is 0.344 e. The topological polar surface area (TPSA) is 44.8 Å². The second-order valence-corrected chi connectivity index (χ2v) is 7.19. The van der Waals surface area contributed by atoms with Crippen LogP contribution in [0.4, 0.5) is 0 Å². The molecule has 2 heterocycles. The molecule has 0 bridgehead atoms. The van der Waals surface area contributed by atoms with Gasteiger partial charge in [-0.3, -0.25) is 9.88 Å². The molecule has 0 saturated heterocycles. The predicted octanol–water partition coefficient (Wildman–Crippen LogP) is 3.89. The van der Waals surface area contributed by atoms with Crippen LogP contribution >= 0.6 is 0 Å². The van der Waals surface area contributed by atoms with Crippen molar-refractivity contribution in [1.29, 1.82) is 0 Å². The Morgan fingerprint density at radius 3 is 2.39 bits per heavy atom. The molecule has 4 nitrogen and oxygen atoms in total. The molecule has 0 aliphatic rings. The van der Waals surface area contributed by atoms with Crippen LogP contribution in [0.5, 0.6) is 0 Å². The van der Waals surface area contributed by atoms with E-state index in [1.54, 1.807) is 12.4 Å². The fourth-order valence-electron chi connectivity index (χ4n) is 2.79. The van der Waals surface area contributed by atoms with Crippen LogP contribution in [-0.4, -0.2) is 26.9 Å². The summed E-state index contributed by atoms with van der Waals surface area (Å²) in [7, 11) is 2.13. The first-order chi connectivity index (χ1) is 10.9. The van der Waals surface area contributed by atoms with Gasteiger partial charge in [-0.15, -0.1) is 0 Å². The highest BCUT2D eigenvalue weighted by atomic mass is 15.1. The van der Waals surface area contributed by atoms with Crippen molar-refractivity contribution in [2.24, 2.45) is 0 Å². The lowest BCUT2D eigenvalue weighted by Gasteiger charge is -2.20. The molecule has 0 atom stereocenters. The van der Waals surface area contributed by atoms with Gasteiger partial charge >= 0.3 is 0 Å². The molecule has 23 heavy (non-hydrogen) atoms. The lowest BCUT2D eigenvalue weighted by molar-refractivity contribution is 0.320. The SMILES string of the molecule is CN(Cc1ccc(C(C)(C)C)cc1)Cc1c[nH]c2nccnc12. The van der Waals surface area contributed by atoms with Gasteiger partial charge in [-0.2, -0.15) is 0 Å². The predicted molar refractivity (Wildman–Crippen MR) is 94.2 cm³/mol. The summed E-state index contributed by atoms with van der Waals surface area (Å²) < 4.78 is 0. The fourth-order valence-corrected chi connectivity index (χ4v) is 2.79. The lowest BCUT2D eigenvalue weighted by Crippen LogP contribution is -2.17. The van der Waals surface area contributed by atoms with E-state index in [9.17, 15) is 0 Å². The Morgan fingerprint density at radius 2 is 1.70 bits per heavy atom. The molecule has 0 spiro atoms. The van der Waals surface area contributed by atoms with Gasteiger partial charge in [-0.1, -0.05) is 45.0 Å². The average Bonchev–Trinajstić information content (AvgIpc) is 2.90. The normalized spacial score (nSPS) is 12.2. The second kappa shape index (κ2) is 6.13. The van der Waals surface area contributed by atoms with E-state index in [0.717, 1.165) is 24.3 Å². The quantitative estimate of drug-likeness (QED) is 0.795. The molecule has 0 unspecified atom stereocenters. The van der Waals surface area contributed by atoms with Crippen molar-refractivity contribution in [3.8, 4) is 0 Å². The summed E-state index contributed by atoms with van der Waals surface area (Å²) in [5.41, 5.74) is 5.89. The van der Waals surface area contributed by atoms with Crippen LogP contribution in [0.3, 0.4) is 0 Å². The van der Waals surface area contributed by atoms with Crippen LogP contribution in [0.25, 0.3) is 11.2 Å². The zero-order valence-corrected chi connectivity index (χ0v) is 14.3. The fraction of sp³-hybridized carbons (Fsp3) is 0.368. The summed E-state index contributed by atoms with van der Waals surface area (Å²) in [6.07, 6.45) is 5.46. The van der Waals surface area contributed by atoms with E-state index in [1.807, 2.05) is 6.20 Å². The molecule has 0 amide bonds. The third kappa shape index (κ3) is 3.59. The van der Waals surface area contributed by atoms with Gasteiger partial charge in [0.1, 0.15) is 5.52 Å². The van der Waals surface area contributed by atoms with E-state index in [0.29, 0.717) is 0 Å². The van der Waals surface area contributed by atoms with Crippen LogP contribution < -0.4 is 0 Å². The van der Waals surface area contributed by atoms with E-state index < -0.39 is 0 Å². The van der Waals surface area contributed by atoms with Gasteiger partial charge in [0.2, 0.25) is 0 Å². The van der Waals surface area contributed by atoms with E-state index in [4.69, 9.17) is 0 Å². The van der Waals surface area contributed by atoms with Crippen molar-refractivity contribution in [3.05, 3.63) is 59.5 Å². The van der Waals surface area contributed by atoms with Gasteiger partial charge in [-0.05, 0) is 23.6 Å². The molecule has 0 saturated carbocycles. The molecule has 120 valence electrons. The third-order valence-electron chi connectivity index (χ3n) is 4.10. The summed E-state index contributed by atoms with van der Waals surface area (Å²) in [6, 6.07) is 8.93. The minimum Gasteiger partial charge on any atom is -0.344 e. The maximum absolute atomic E-state index is 4.42. The van der Waals surface area contributed by atoms with Gasteiger partial charge in [0.25, 0.3) is 0 Å². The number of aromatic nitrogens is 3. The van der Waals surface area contributed by atoms with Crippen LogP contribution in [0.2, 0.25) is 0 Å². The summed E-state index contributed by atoms with van der Waals surface area (Å²) in [6.45, 7) is 8.49. The van der Waals surface area contributed by atoms with Crippen molar-refractivity contribution < 1.29 is 0 Å². The highest BCUT2D eigenvalue weighted by molar-refractivity contribution is 5.74. The van der Waals surface area contributed by atoms with Crippen molar-refractivity contribution in [1.82, 2.24) is 19.9 Å². The first-order valence-electron chi connectivity index (χ1n) is 7.98. The lowest BCUT2D eigenvalue weighted by atomic mass is 9.87. The van der Waals surface area contributed by atoms with Gasteiger partial charge < -0.3 is 4.98 Å². The molecule has 1 aromatic carbocycles. The number of aromatic amines is 1. The molecule has 0 aliphatic heterocycles. The maximum atomic E-state index is 4.42. The Hall–Kier alpha value is -2.20. The van der Waals surface area contributed by atoms with Gasteiger partial charge in [-0.25, -0.2) is 4.98 Å². The van der Waals surface area contributed by atoms with Crippen LogP contribution in [0.15, 0.2) is 42.9 Å². The minimum atomic E-state index is 0.202. The zero-order chi connectivity index (χ0) is 16.4. The zero-order valence-electron chi connectivity index (χ0n) is 14.3. The number of nitrogens with zero attached hydrogens (tertiary/aromatic N) is 3. The van der Waals surface area contributed by atoms with Crippen molar-refractivity contribution in [3.63, 3.8) is 0 Å². The molecule has 3 aromatic rings. The second-order valence-electron chi connectivity index (χ2n) is 7.19. The smallest absolute Gasteiger partial charge is 0.156 e. The summed E-state index contributed by atoms with van der Waals surface area (Å²) in [5.74, 6) is 0. The van der Waals surface area contributed by atoms with Gasteiger partial charge in [0, 0.05) is 37.2 Å². The molecule has 0 fully saturated rings. The number of benzene rings is 1. The molecule has 0 aliphatic carbocycles. The first kappa shape index (κ1) is 15.7. The van der Waals surface area contributed by atoms with Gasteiger partial charge in [0.05, 0.1) is 0 Å². The average molecular weight is 308 g/mol. The Morgan fingerprint density at radius 1 is 1.00 bits per heavy atom. The highest BCUT2D eigenvalue weighted by Crippen LogP contribution is 2.23. The molecule has 1 N–H and O–H groups in total. The minimum absolute atomic E-state index is 0.202.